The Hall–Kier alpha value is -1.62. The number of urea groups is 1. The van der Waals surface area contributed by atoms with E-state index in [2.05, 4.69) is 21.3 Å². The molecular formula is C19H28N4O. The van der Waals surface area contributed by atoms with E-state index in [0.29, 0.717) is 11.8 Å². The van der Waals surface area contributed by atoms with Crippen LogP contribution in [0.25, 0.3) is 0 Å². The topological polar surface area (TPSA) is 48.5 Å². The monoisotopic (exact) mass is 328 g/mol. The number of amides is 2. The van der Waals surface area contributed by atoms with Gasteiger partial charge in [0.2, 0.25) is 0 Å². The molecule has 1 aromatic heterocycles. The van der Waals surface area contributed by atoms with Crippen molar-refractivity contribution in [1.82, 2.24) is 20.1 Å². The first-order valence-corrected chi connectivity index (χ1v) is 9.47. The number of likely N-dealkylation sites (tertiary alicyclic amines) is 2. The van der Waals surface area contributed by atoms with Crippen LogP contribution in [0.2, 0.25) is 0 Å². The van der Waals surface area contributed by atoms with Gasteiger partial charge in [0.15, 0.2) is 0 Å². The third-order valence-corrected chi connectivity index (χ3v) is 5.98. The lowest BCUT2D eigenvalue weighted by atomic mass is 9.96. The zero-order chi connectivity index (χ0) is 16.4. The van der Waals surface area contributed by atoms with Crippen LogP contribution in [-0.2, 0) is 0 Å². The lowest BCUT2D eigenvalue weighted by molar-refractivity contribution is 0.148. The summed E-state index contributed by atoms with van der Waals surface area (Å²) in [6.45, 7) is 4.80. The van der Waals surface area contributed by atoms with Gasteiger partial charge in [-0.2, -0.15) is 0 Å². The summed E-state index contributed by atoms with van der Waals surface area (Å²) in [4.78, 5) is 21.2. The van der Waals surface area contributed by atoms with Crippen LogP contribution in [0.3, 0.4) is 0 Å². The van der Waals surface area contributed by atoms with Gasteiger partial charge in [0.1, 0.15) is 0 Å². The summed E-state index contributed by atoms with van der Waals surface area (Å²) in [5.41, 5.74) is 1.10. The Balaban J connectivity index is 1.17. The van der Waals surface area contributed by atoms with Crippen molar-refractivity contribution in [2.45, 2.75) is 44.1 Å². The van der Waals surface area contributed by atoms with Crippen LogP contribution >= 0.6 is 0 Å². The van der Waals surface area contributed by atoms with Crippen LogP contribution in [-0.4, -0.2) is 59.6 Å². The second-order valence-electron chi connectivity index (χ2n) is 7.63. The molecule has 2 amide bonds. The van der Waals surface area contributed by atoms with Crippen LogP contribution in [0, 0.1) is 5.92 Å². The predicted octanol–water partition coefficient (Wildman–Crippen LogP) is 2.45. The van der Waals surface area contributed by atoms with E-state index in [9.17, 15) is 4.79 Å². The van der Waals surface area contributed by atoms with E-state index in [1.165, 1.54) is 45.2 Å². The summed E-state index contributed by atoms with van der Waals surface area (Å²) in [5.74, 6) is 1.03. The van der Waals surface area contributed by atoms with Crippen molar-refractivity contribution in [2.75, 3.05) is 32.7 Å². The first-order valence-electron chi connectivity index (χ1n) is 9.47. The highest BCUT2D eigenvalue weighted by atomic mass is 16.2. The molecule has 0 spiro atoms. The van der Waals surface area contributed by atoms with Crippen molar-refractivity contribution in [3.05, 3.63) is 30.1 Å². The number of carbonyl (C=O) groups is 1. The summed E-state index contributed by atoms with van der Waals surface area (Å²) in [7, 11) is 0. The minimum absolute atomic E-state index is 0.0986. The van der Waals surface area contributed by atoms with Crippen molar-refractivity contribution in [3.63, 3.8) is 0 Å². The highest BCUT2D eigenvalue weighted by Gasteiger charge is 2.34. The van der Waals surface area contributed by atoms with E-state index >= 15 is 0 Å². The fourth-order valence-corrected chi connectivity index (χ4v) is 4.42. The molecule has 1 saturated carbocycles. The van der Waals surface area contributed by atoms with Gasteiger partial charge < -0.3 is 15.1 Å². The highest BCUT2D eigenvalue weighted by molar-refractivity contribution is 5.75. The summed E-state index contributed by atoms with van der Waals surface area (Å²) < 4.78 is 0. The average Bonchev–Trinajstić information content (AvgIpc) is 3.24. The first kappa shape index (κ1) is 15.9. The summed E-state index contributed by atoms with van der Waals surface area (Å²) >= 11 is 0. The van der Waals surface area contributed by atoms with Crippen LogP contribution in [0.1, 0.15) is 43.7 Å². The Bertz CT molecular complexity index is 552. The van der Waals surface area contributed by atoms with Gasteiger partial charge in [0, 0.05) is 50.0 Å². The number of pyridine rings is 1. The molecule has 0 bridgehead atoms. The fourth-order valence-electron chi connectivity index (χ4n) is 4.42. The standard InChI is InChI=1S/C19H28N4O/c24-19(23-13-16(14-23)18-7-3-4-9-20-18)21-11-15-8-10-22(12-15)17-5-1-2-6-17/h3-4,7,9,15-17H,1-2,5-6,8,10-14H2,(H,21,24)/t15-/m1/s1. The van der Waals surface area contributed by atoms with Gasteiger partial charge in [0.05, 0.1) is 0 Å². The lowest BCUT2D eigenvalue weighted by Crippen LogP contribution is -2.53. The molecule has 1 aromatic rings. The van der Waals surface area contributed by atoms with Crippen LogP contribution in [0.4, 0.5) is 4.79 Å². The Morgan fingerprint density at radius 2 is 2.00 bits per heavy atom. The number of hydrogen-bond donors (Lipinski definition) is 1. The van der Waals surface area contributed by atoms with Gasteiger partial charge in [-0.1, -0.05) is 18.9 Å². The van der Waals surface area contributed by atoms with Crippen LogP contribution in [0.5, 0.6) is 0 Å². The van der Waals surface area contributed by atoms with Gasteiger partial charge in [-0.3, -0.25) is 4.98 Å². The van der Waals surface area contributed by atoms with Gasteiger partial charge in [-0.15, -0.1) is 0 Å². The van der Waals surface area contributed by atoms with Crippen molar-refractivity contribution < 1.29 is 4.79 Å². The Kier molecular flexibility index (Phi) is 4.69. The van der Waals surface area contributed by atoms with E-state index in [0.717, 1.165) is 31.4 Å². The van der Waals surface area contributed by atoms with Crippen LogP contribution in [0.15, 0.2) is 24.4 Å². The minimum Gasteiger partial charge on any atom is -0.338 e. The lowest BCUT2D eigenvalue weighted by Gasteiger charge is -2.39. The van der Waals surface area contributed by atoms with Crippen molar-refractivity contribution in [3.8, 4) is 0 Å². The first-order chi connectivity index (χ1) is 11.8. The Labute approximate surface area is 144 Å². The average molecular weight is 328 g/mol. The molecule has 1 aliphatic carbocycles. The smallest absolute Gasteiger partial charge is 0.317 e. The molecule has 3 aliphatic rings. The van der Waals surface area contributed by atoms with Gasteiger partial charge in [-0.25, -0.2) is 4.79 Å². The molecule has 3 heterocycles. The molecule has 2 aliphatic heterocycles. The van der Waals surface area contributed by atoms with E-state index < -0.39 is 0 Å². The third kappa shape index (κ3) is 3.41. The number of hydrogen-bond acceptors (Lipinski definition) is 3. The Morgan fingerprint density at radius 3 is 2.75 bits per heavy atom. The SMILES string of the molecule is O=C(NC[C@H]1CCN(C2CCCC2)C1)N1CC(c2ccccn2)C1. The fraction of sp³-hybridized carbons (Fsp3) is 0.684. The number of nitrogens with zero attached hydrogens (tertiary/aromatic N) is 3. The molecule has 5 nitrogen and oxygen atoms in total. The molecule has 24 heavy (non-hydrogen) atoms. The summed E-state index contributed by atoms with van der Waals surface area (Å²) in [6.07, 6.45) is 8.61. The quantitative estimate of drug-likeness (QED) is 0.923. The van der Waals surface area contributed by atoms with Crippen molar-refractivity contribution >= 4 is 6.03 Å². The number of nitrogens with one attached hydrogen (secondary N) is 1. The number of carbonyl (C=O) groups excluding carboxylic acids is 1. The molecule has 130 valence electrons. The third-order valence-electron chi connectivity index (χ3n) is 5.98. The largest absolute Gasteiger partial charge is 0.338 e. The molecular weight excluding hydrogens is 300 g/mol. The molecule has 1 N–H and O–H groups in total. The molecule has 0 aromatic carbocycles. The highest BCUT2D eigenvalue weighted by Crippen LogP contribution is 2.28. The second kappa shape index (κ2) is 7.09. The Morgan fingerprint density at radius 1 is 1.17 bits per heavy atom. The number of aromatic nitrogens is 1. The molecule has 5 heteroatoms. The zero-order valence-electron chi connectivity index (χ0n) is 14.4. The van der Waals surface area contributed by atoms with E-state index in [1.54, 1.807) is 0 Å². The molecule has 0 radical (unpaired) electrons. The zero-order valence-corrected chi connectivity index (χ0v) is 14.4. The second-order valence-corrected chi connectivity index (χ2v) is 7.63. The maximum Gasteiger partial charge on any atom is 0.317 e. The van der Waals surface area contributed by atoms with E-state index in [-0.39, 0.29) is 6.03 Å². The number of rotatable bonds is 4. The molecule has 2 saturated heterocycles. The van der Waals surface area contributed by atoms with E-state index in [4.69, 9.17) is 0 Å². The van der Waals surface area contributed by atoms with Gasteiger partial charge >= 0.3 is 6.03 Å². The molecule has 1 atom stereocenters. The summed E-state index contributed by atoms with van der Waals surface area (Å²) in [5, 5.41) is 3.15. The van der Waals surface area contributed by atoms with Gasteiger partial charge in [-0.05, 0) is 43.9 Å². The molecule has 0 unspecified atom stereocenters. The normalized spacial score (nSPS) is 25.8. The van der Waals surface area contributed by atoms with Crippen LogP contribution < -0.4 is 5.32 Å². The van der Waals surface area contributed by atoms with E-state index in [1.807, 2.05) is 23.2 Å². The molecule has 4 rings (SSSR count). The summed E-state index contributed by atoms with van der Waals surface area (Å²) in [6, 6.07) is 6.92. The maximum atomic E-state index is 12.3. The van der Waals surface area contributed by atoms with Gasteiger partial charge in [0.25, 0.3) is 0 Å². The van der Waals surface area contributed by atoms with Crippen molar-refractivity contribution in [2.24, 2.45) is 5.92 Å². The van der Waals surface area contributed by atoms with Crippen molar-refractivity contribution in [1.29, 1.82) is 0 Å². The molecule has 3 fully saturated rings. The minimum atomic E-state index is 0.0986. The maximum absolute atomic E-state index is 12.3. The predicted molar refractivity (Wildman–Crippen MR) is 93.9 cm³/mol.